The summed E-state index contributed by atoms with van der Waals surface area (Å²) in [5.74, 6) is -1.13. The molecule has 0 aliphatic heterocycles. The fourth-order valence-electron chi connectivity index (χ4n) is 7.18. The Morgan fingerprint density at radius 3 is 1.43 bits per heavy atom. The number of hydrogen-bond acceptors (Lipinski definition) is 12. The molecule has 0 radical (unpaired) electrons. The highest BCUT2D eigenvalue weighted by molar-refractivity contribution is 7.47. The topological polar surface area (TPSA) is 210 Å². The minimum absolute atomic E-state index is 0.0708. The summed E-state index contributed by atoms with van der Waals surface area (Å²) in [7, 11) is -5.13. The van der Waals surface area contributed by atoms with Crippen LogP contribution in [0.1, 0.15) is 181 Å². The van der Waals surface area contributed by atoms with Gasteiger partial charge in [-0.2, -0.15) is 0 Å². The van der Waals surface area contributed by atoms with Gasteiger partial charge in [0.25, 0.3) is 0 Å². The number of carbonyl (C=O) groups excluding carboxylic acids is 2. The molecule has 0 aromatic rings. The Labute approximate surface area is 391 Å². The quantitative estimate of drug-likeness (QED) is 0.0111. The summed E-state index contributed by atoms with van der Waals surface area (Å²) >= 11 is 0. The van der Waals surface area contributed by atoms with E-state index in [0.29, 0.717) is 12.8 Å². The van der Waals surface area contributed by atoms with Crippen LogP contribution in [0.3, 0.4) is 0 Å². The monoisotopic (exact) mass is 939 g/mol. The lowest BCUT2D eigenvalue weighted by Gasteiger charge is -2.41. The first-order chi connectivity index (χ1) is 31.4. The number of aliphatic hydroxyl groups is 5. The first kappa shape index (κ1) is 60.3. The van der Waals surface area contributed by atoms with Gasteiger partial charge in [-0.15, -0.1) is 0 Å². The number of esters is 2. The molecule has 0 bridgehead atoms. The molecule has 1 fully saturated rings. The maximum atomic E-state index is 12.8. The molecule has 0 heterocycles. The van der Waals surface area contributed by atoms with Crippen LogP contribution in [-0.2, 0) is 32.7 Å². The van der Waals surface area contributed by atoms with Crippen LogP contribution in [0.2, 0.25) is 0 Å². The molecule has 65 heavy (non-hydrogen) atoms. The van der Waals surface area contributed by atoms with Crippen LogP contribution >= 0.6 is 7.82 Å². The smallest absolute Gasteiger partial charge is 0.462 e. The minimum Gasteiger partial charge on any atom is -0.462 e. The lowest BCUT2D eigenvalue weighted by Crippen LogP contribution is -2.64. The van der Waals surface area contributed by atoms with Gasteiger partial charge >= 0.3 is 19.8 Å². The molecular formula is C51H87O13P. The van der Waals surface area contributed by atoms with E-state index in [9.17, 15) is 44.6 Å². The van der Waals surface area contributed by atoms with Crippen molar-refractivity contribution in [2.24, 2.45) is 0 Å². The number of allylic oxidation sites excluding steroid dienone is 12. The second-order valence-electron chi connectivity index (χ2n) is 17.0. The summed E-state index contributed by atoms with van der Waals surface area (Å²) in [6.07, 6.45) is 38.2. The second kappa shape index (κ2) is 40.4. The second-order valence-corrected chi connectivity index (χ2v) is 18.4. The maximum absolute atomic E-state index is 12.8. The molecule has 374 valence electrons. The summed E-state index contributed by atoms with van der Waals surface area (Å²) in [6.45, 7) is 3.04. The van der Waals surface area contributed by atoms with Crippen molar-refractivity contribution < 1.29 is 63.1 Å². The first-order valence-corrected chi connectivity index (χ1v) is 26.3. The van der Waals surface area contributed by atoms with Crippen LogP contribution in [0.4, 0.5) is 0 Å². The molecule has 1 rings (SSSR count). The SMILES string of the molecule is CC/C=C/C=C/C=C/CCCCCCCC(=O)OC(COC(=O)CCCCCCCCCCCCCCC/C=C/C/C=C/C/C=C/CC)COP(=O)(O)OC1C(O)C(O)C(O)[C@H](O)C1O. The van der Waals surface area contributed by atoms with Gasteiger partial charge in [0, 0.05) is 12.8 Å². The first-order valence-electron chi connectivity index (χ1n) is 24.8. The van der Waals surface area contributed by atoms with Gasteiger partial charge in [-0.1, -0.05) is 177 Å². The Kier molecular flexibility index (Phi) is 37.5. The molecule has 0 amide bonds. The van der Waals surface area contributed by atoms with E-state index in [4.69, 9.17) is 18.5 Å². The Morgan fingerprint density at radius 2 is 0.908 bits per heavy atom. The number of ether oxygens (including phenoxy) is 2. The van der Waals surface area contributed by atoms with Crippen LogP contribution in [0.5, 0.6) is 0 Å². The fraction of sp³-hybridized carbons (Fsp3) is 0.725. The molecule has 1 saturated carbocycles. The van der Waals surface area contributed by atoms with E-state index in [2.05, 4.69) is 62.5 Å². The van der Waals surface area contributed by atoms with Crippen molar-refractivity contribution in [3.05, 3.63) is 72.9 Å². The van der Waals surface area contributed by atoms with Crippen molar-refractivity contribution in [3.8, 4) is 0 Å². The van der Waals surface area contributed by atoms with Crippen molar-refractivity contribution in [3.63, 3.8) is 0 Å². The van der Waals surface area contributed by atoms with E-state index in [1.807, 2.05) is 24.3 Å². The number of aliphatic hydroxyl groups excluding tert-OH is 5. The molecule has 0 saturated heterocycles. The third kappa shape index (κ3) is 32.6. The van der Waals surface area contributed by atoms with Gasteiger partial charge in [-0.25, -0.2) is 4.57 Å². The Hall–Kier alpha value is -2.71. The van der Waals surface area contributed by atoms with Gasteiger partial charge in [0.05, 0.1) is 6.61 Å². The van der Waals surface area contributed by atoms with Crippen LogP contribution < -0.4 is 0 Å². The molecule has 14 heteroatoms. The van der Waals surface area contributed by atoms with Crippen LogP contribution in [0, 0.1) is 0 Å². The van der Waals surface area contributed by atoms with Crippen LogP contribution in [0.25, 0.3) is 0 Å². The zero-order chi connectivity index (χ0) is 47.8. The number of phosphoric acid groups is 1. The number of unbranched alkanes of at least 4 members (excludes halogenated alkanes) is 18. The van der Waals surface area contributed by atoms with Gasteiger partial charge in [0.1, 0.15) is 43.2 Å². The van der Waals surface area contributed by atoms with Crippen molar-refractivity contribution in [1.82, 2.24) is 0 Å². The Morgan fingerprint density at radius 1 is 0.492 bits per heavy atom. The van der Waals surface area contributed by atoms with E-state index in [1.165, 1.54) is 64.2 Å². The zero-order valence-corrected chi connectivity index (χ0v) is 40.7. The number of hydrogen-bond donors (Lipinski definition) is 6. The van der Waals surface area contributed by atoms with Crippen molar-refractivity contribution in [2.75, 3.05) is 13.2 Å². The van der Waals surface area contributed by atoms with Crippen LogP contribution in [-0.4, -0.2) is 98.3 Å². The van der Waals surface area contributed by atoms with Crippen LogP contribution in [0.15, 0.2) is 72.9 Å². The van der Waals surface area contributed by atoms with E-state index in [-0.39, 0.29) is 12.8 Å². The lowest BCUT2D eigenvalue weighted by atomic mass is 9.85. The predicted molar refractivity (Wildman–Crippen MR) is 258 cm³/mol. The Bertz CT molecular complexity index is 1410. The predicted octanol–water partition coefficient (Wildman–Crippen LogP) is 10.3. The molecule has 13 nitrogen and oxygen atoms in total. The molecule has 1 aliphatic carbocycles. The largest absolute Gasteiger partial charge is 0.472 e. The molecule has 0 aromatic heterocycles. The molecule has 0 aromatic carbocycles. The molecule has 7 unspecified atom stereocenters. The summed E-state index contributed by atoms with van der Waals surface area (Å²) in [5.41, 5.74) is 0. The van der Waals surface area contributed by atoms with Crippen molar-refractivity contribution in [2.45, 2.75) is 224 Å². The summed E-state index contributed by atoms with van der Waals surface area (Å²) in [6, 6.07) is 0. The summed E-state index contributed by atoms with van der Waals surface area (Å²) in [4.78, 5) is 35.8. The number of carbonyl (C=O) groups is 2. The average molecular weight is 939 g/mol. The van der Waals surface area contributed by atoms with Crippen molar-refractivity contribution >= 4 is 19.8 Å². The highest BCUT2D eigenvalue weighted by atomic mass is 31.2. The molecule has 1 aliphatic rings. The zero-order valence-electron chi connectivity index (χ0n) is 39.8. The normalized spacial score (nSPS) is 22.0. The lowest BCUT2D eigenvalue weighted by molar-refractivity contribution is -0.220. The molecule has 8 atom stereocenters. The molecule has 6 N–H and O–H groups in total. The van der Waals surface area contributed by atoms with Crippen molar-refractivity contribution in [1.29, 1.82) is 0 Å². The van der Waals surface area contributed by atoms with Gasteiger partial charge in [0.2, 0.25) is 0 Å². The van der Waals surface area contributed by atoms with E-state index >= 15 is 0 Å². The summed E-state index contributed by atoms with van der Waals surface area (Å²) < 4.78 is 33.6. The third-order valence-electron chi connectivity index (χ3n) is 11.1. The minimum atomic E-state index is -5.13. The number of rotatable bonds is 40. The average Bonchev–Trinajstić information content (AvgIpc) is 3.29. The van der Waals surface area contributed by atoms with Gasteiger partial charge in [0.15, 0.2) is 6.10 Å². The third-order valence-corrected chi connectivity index (χ3v) is 12.1. The van der Waals surface area contributed by atoms with E-state index < -0.39 is 75.7 Å². The Balaban J connectivity index is 2.37. The van der Waals surface area contributed by atoms with E-state index in [0.717, 1.165) is 77.0 Å². The van der Waals surface area contributed by atoms with Gasteiger partial charge < -0.3 is 39.9 Å². The molecule has 0 spiro atoms. The standard InChI is InChI=1S/C51H87O13P/c1-3-5-7-9-11-13-15-17-18-19-20-21-22-23-24-25-26-28-29-31-33-35-37-39-44(52)61-41-43(42-62-65(59,60)64-51-49(57)47(55)46(54)48(56)50(51)58)63-45(53)40-38-36-34-32-30-27-16-14-12-10-8-6-4-2/h5-8,10-14,16-18,43,46-51,54-58H,3-4,9,15,19-42H2,1-2H3,(H,59,60)/b7-5+,8-6+,12-10+,13-11+,16-14+,18-17+/t43?,46?,47-,48?,49?,50?,51?/m0/s1. The highest BCUT2D eigenvalue weighted by Gasteiger charge is 2.51. The van der Waals surface area contributed by atoms with E-state index in [1.54, 1.807) is 0 Å². The highest BCUT2D eigenvalue weighted by Crippen LogP contribution is 2.47. The van der Waals surface area contributed by atoms with Gasteiger partial charge in [-0.3, -0.25) is 18.6 Å². The fourth-order valence-corrected chi connectivity index (χ4v) is 8.16. The summed E-state index contributed by atoms with van der Waals surface area (Å²) in [5, 5.41) is 50.2. The van der Waals surface area contributed by atoms with Gasteiger partial charge in [-0.05, 0) is 64.2 Å². The number of phosphoric ester groups is 1. The maximum Gasteiger partial charge on any atom is 0.472 e. The molecular weight excluding hydrogens is 852 g/mol.